The molecule has 2 aromatic heterocycles. The number of aryl methyl sites for hydroxylation is 1. The molecular weight excluding hydrogens is 499 g/mol. The number of hydrogen-bond acceptors (Lipinski definition) is 5. The Morgan fingerprint density at radius 3 is 1.72 bits per heavy atom. The molecule has 0 saturated heterocycles. The molecule has 210 valence electrons. The molecule has 0 bridgehead atoms. The fourth-order valence-electron chi connectivity index (χ4n) is 3.49. The predicted octanol–water partition coefficient (Wildman–Crippen LogP) is 8.78. The molecule has 0 amide bonds. The van der Waals surface area contributed by atoms with Crippen molar-refractivity contribution in [2.75, 3.05) is 7.05 Å². The molecule has 0 spiro atoms. The lowest BCUT2D eigenvalue weighted by Crippen LogP contribution is -2.09. The van der Waals surface area contributed by atoms with Crippen LogP contribution in [0.1, 0.15) is 64.5 Å². The van der Waals surface area contributed by atoms with Gasteiger partial charge in [-0.25, -0.2) is 15.0 Å². The molecule has 0 fully saturated rings. The van der Waals surface area contributed by atoms with E-state index in [9.17, 15) is 13.2 Å². The smallest absolute Gasteiger partial charge is 0.333 e. The molecule has 39 heavy (non-hydrogen) atoms. The summed E-state index contributed by atoms with van der Waals surface area (Å²) in [4.78, 5) is 17.3. The molecule has 0 unspecified atom stereocenters. The quantitative estimate of drug-likeness (QED) is 0.248. The van der Waals surface area contributed by atoms with Crippen LogP contribution < -0.4 is 5.73 Å². The Morgan fingerprint density at radius 2 is 1.21 bits per heavy atom. The van der Waals surface area contributed by atoms with Gasteiger partial charge < -0.3 is 5.73 Å². The topological polar surface area (TPSA) is 77.6 Å². The van der Waals surface area contributed by atoms with Crippen molar-refractivity contribution in [1.29, 1.82) is 0 Å². The summed E-state index contributed by atoms with van der Waals surface area (Å²) in [6, 6.07) is 16.2. The van der Waals surface area contributed by atoms with E-state index in [4.69, 9.17) is 0 Å². The van der Waals surface area contributed by atoms with Crippen molar-refractivity contribution in [2.45, 2.75) is 66.5 Å². The summed E-state index contributed by atoms with van der Waals surface area (Å²) in [5.41, 5.74) is 5.84. The van der Waals surface area contributed by atoms with Gasteiger partial charge in [0.05, 0.1) is 5.56 Å². The number of halogens is 3. The lowest BCUT2D eigenvalue weighted by molar-refractivity contribution is -0.137. The van der Waals surface area contributed by atoms with Crippen molar-refractivity contribution >= 4 is 0 Å². The van der Waals surface area contributed by atoms with Gasteiger partial charge in [-0.15, -0.1) is 0 Å². The zero-order valence-corrected chi connectivity index (χ0v) is 23.8. The molecule has 0 aliphatic carbocycles. The summed E-state index contributed by atoms with van der Waals surface area (Å²) in [5, 5.41) is 0. The van der Waals surface area contributed by atoms with Gasteiger partial charge in [-0.1, -0.05) is 95.8 Å². The van der Waals surface area contributed by atoms with Crippen molar-refractivity contribution in [1.82, 2.24) is 19.9 Å². The van der Waals surface area contributed by atoms with Gasteiger partial charge in [0.1, 0.15) is 0 Å². The Bertz CT molecular complexity index is 1220. The van der Waals surface area contributed by atoms with E-state index in [1.807, 2.05) is 45.0 Å². The Labute approximate surface area is 230 Å². The first-order valence-electron chi connectivity index (χ1n) is 13.3. The van der Waals surface area contributed by atoms with Crippen LogP contribution >= 0.6 is 0 Å². The van der Waals surface area contributed by atoms with Crippen molar-refractivity contribution in [2.24, 2.45) is 5.73 Å². The van der Waals surface area contributed by atoms with Gasteiger partial charge in [0.25, 0.3) is 0 Å². The van der Waals surface area contributed by atoms with E-state index >= 15 is 0 Å². The maximum atomic E-state index is 13.6. The molecule has 4 aromatic rings. The lowest BCUT2D eigenvalue weighted by Gasteiger charge is -2.14. The molecule has 8 heteroatoms. The second-order valence-electron chi connectivity index (χ2n) is 8.11. The zero-order chi connectivity index (χ0) is 29.3. The summed E-state index contributed by atoms with van der Waals surface area (Å²) in [7, 11) is 1.50. The largest absolute Gasteiger partial charge is 0.417 e. The average Bonchev–Trinajstić information content (AvgIpc) is 2.98. The molecule has 0 radical (unpaired) electrons. The van der Waals surface area contributed by atoms with E-state index in [2.05, 4.69) is 39.5 Å². The van der Waals surface area contributed by atoms with Gasteiger partial charge in [-0.05, 0) is 37.7 Å². The van der Waals surface area contributed by atoms with E-state index in [0.29, 0.717) is 11.4 Å². The lowest BCUT2D eigenvalue weighted by atomic mass is 10.1. The number of alkyl halides is 3. The summed E-state index contributed by atoms with van der Waals surface area (Å²) in [6.07, 6.45) is 4.18. The molecule has 2 N–H and O–H groups in total. The van der Waals surface area contributed by atoms with Crippen LogP contribution in [-0.2, 0) is 6.18 Å². The minimum atomic E-state index is -4.53. The number of nitrogens with two attached hydrogens (primary N) is 1. The van der Waals surface area contributed by atoms with Crippen LogP contribution in [0.3, 0.4) is 0 Å². The first kappa shape index (κ1) is 33.4. The summed E-state index contributed by atoms with van der Waals surface area (Å²) in [5.74, 6) is 0.535. The number of hydrogen-bond donors (Lipinski definition) is 1. The second-order valence-corrected chi connectivity index (χ2v) is 8.11. The summed E-state index contributed by atoms with van der Waals surface area (Å²) < 4.78 is 40.7. The summed E-state index contributed by atoms with van der Waals surface area (Å²) >= 11 is 0. The minimum Gasteiger partial charge on any atom is -0.333 e. The normalized spacial score (nSPS) is 10.2. The maximum absolute atomic E-state index is 13.6. The van der Waals surface area contributed by atoms with Gasteiger partial charge in [-0.2, -0.15) is 13.2 Å². The van der Waals surface area contributed by atoms with Gasteiger partial charge >= 0.3 is 6.18 Å². The van der Waals surface area contributed by atoms with Crippen molar-refractivity contribution in [3.63, 3.8) is 0 Å². The molecule has 0 aliphatic rings. The molecule has 2 heterocycles. The molecule has 4 rings (SSSR count). The highest BCUT2D eigenvalue weighted by molar-refractivity contribution is 5.69. The third-order valence-corrected chi connectivity index (χ3v) is 5.37. The second kappa shape index (κ2) is 17.8. The number of pyridine rings is 1. The van der Waals surface area contributed by atoms with Crippen molar-refractivity contribution in [3.05, 3.63) is 84.2 Å². The molecule has 5 nitrogen and oxygen atoms in total. The van der Waals surface area contributed by atoms with Gasteiger partial charge in [-0.3, -0.25) is 4.98 Å². The van der Waals surface area contributed by atoms with E-state index in [1.165, 1.54) is 50.9 Å². The molecule has 0 aliphatic heterocycles. The van der Waals surface area contributed by atoms with Crippen molar-refractivity contribution < 1.29 is 13.2 Å². The van der Waals surface area contributed by atoms with E-state index in [-0.39, 0.29) is 17.2 Å². The monoisotopic (exact) mass is 539 g/mol. The third-order valence-electron chi connectivity index (χ3n) is 5.37. The van der Waals surface area contributed by atoms with Crippen molar-refractivity contribution in [3.8, 4) is 34.2 Å². The van der Waals surface area contributed by atoms with E-state index in [1.54, 1.807) is 24.5 Å². The minimum absolute atomic E-state index is 0.0370. The summed E-state index contributed by atoms with van der Waals surface area (Å²) in [6.45, 7) is 10.4. The standard InChI is InChI=1S/C22H15F3N4.C6H14.C2H6.CH5N/c1-14-7-2-3-9-16(14)20-27-19(15-8-6-12-26-13-15)28-21(29-20)17-10-4-5-11-18(17)22(23,24)25;1-3-5-6-4-2;2*1-2/h2-13H,1H3;3-6H2,1-2H3;1-2H3;2H2,1H3. The fraction of sp³-hybridized carbons (Fsp3) is 0.355. The molecule has 0 atom stereocenters. The number of aromatic nitrogens is 4. The molecule has 2 aromatic carbocycles. The third kappa shape index (κ3) is 10.2. The van der Waals surface area contributed by atoms with Crippen LogP contribution in [0.4, 0.5) is 13.2 Å². The highest BCUT2D eigenvalue weighted by Gasteiger charge is 2.34. The number of benzene rings is 2. The van der Waals surface area contributed by atoms with E-state index < -0.39 is 11.7 Å². The van der Waals surface area contributed by atoms with Gasteiger partial charge in [0.2, 0.25) is 0 Å². The van der Waals surface area contributed by atoms with Gasteiger partial charge in [0.15, 0.2) is 17.5 Å². The Hall–Kier alpha value is -3.65. The van der Waals surface area contributed by atoms with Crippen LogP contribution in [0.5, 0.6) is 0 Å². The SMILES string of the molecule is CC.CCCCCC.CN.Cc1ccccc1-c1nc(-c2cccnc2)nc(-c2ccccc2C(F)(F)F)n1. The first-order chi connectivity index (χ1) is 18.8. The van der Waals surface area contributed by atoms with Crippen LogP contribution in [-0.4, -0.2) is 27.0 Å². The Kier molecular flexibility index (Phi) is 15.2. The number of unbranched alkanes of at least 4 members (excludes halogenated alkanes) is 3. The predicted molar refractivity (Wildman–Crippen MR) is 155 cm³/mol. The maximum Gasteiger partial charge on any atom is 0.417 e. The first-order valence-corrected chi connectivity index (χ1v) is 13.3. The van der Waals surface area contributed by atoms with E-state index in [0.717, 1.165) is 17.2 Å². The average molecular weight is 540 g/mol. The van der Waals surface area contributed by atoms with Crippen LogP contribution in [0, 0.1) is 6.92 Å². The Morgan fingerprint density at radius 1 is 0.692 bits per heavy atom. The molecule has 0 saturated carbocycles. The number of nitrogens with zero attached hydrogens (tertiary/aromatic N) is 4. The van der Waals surface area contributed by atoms with Crippen LogP contribution in [0.25, 0.3) is 34.2 Å². The number of rotatable bonds is 6. The van der Waals surface area contributed by atoms with Gasteiger partial charge in [0, 0.05) is 29.1 Å². The molecular formula is C31H40F3N5. The highest BCUT2D eigenvalue weighted by atomic mass is 19.4. The zero-order valence-electron chi connectivity index (χ0n) is 23.8. The fourth-order valence-corrected chi connectivity index (χ4v) is 3.49. The van der Waals surface area contributed by atoms with Crippen LogP contribution in [0.15, 0.2) is 73.1 Å². The Balaban J connectivity index is 0.000000664. The highest BCUT2D eigenvalue weighted by Crippen LogP contribution is 2.36. The van der Waals surface area contributed by atoms with Crippen LogP contribution in [0.2, 0.25) is 0 Å².